The Morgan fingerprint density at radius 2 is 1.90 bits per heavy atom. The van der Waals surface area contributed by atoms with E-state index in [0.29, 0.717) is 18.8 Å². The number of likely N-dealkylation sites (tertiary alicyclic amines) is 1. The molecule has 1 saturated heterocycles. The van der Waals surface area contributed by atoms with Crippen molar-refractivity contribution in [2.75, 3.05) is 18.4 Å². The zero-order valence-electron chi connectivity index (χ0n) is 12.1. The van der Waals surface area contributed by atoms with Crippen molar-refractivity contribution in [3.8, 4) is 0 Å². The van der Waals surface area contributed by atoms with Gasteiger partial charge in [-0.3, -0.25) is 9.59 Å². The van der Waals surface area contributed by atoms with Gasteiger partial charge in [-0.25, -0.2) is 4.39 Å². The van der Waals surface area contributed by atoms with Crippen LogP contribution in [0.2, 0.25) is 5.02 Å². The topological polar surface area (TPSA) is 49.4 Å². The van der Waals surface area contributed by atoms with E-state index < -0.39 is 17.1 Å². The highest BCUT2D eigenvalue weighted by atomic mass is 35.5. The zero-order valence-corrected chi connectivity index (χ0v) is 12.8. The number of hydrogen-bond acceptors (Lipinski definition) is 2. The average Bonchev–Trinajstić information content (AvgIpc) is 2.95. The fourth-order valence-corrected chi connectivity index (χ4v) is 2.45. The SMILES string of the molecule is CC(C)(C(=O)Nc1ccc(F)c(Cl)c1)C(=O)N1CCCC1. The molecule has 1 heterocycles. The molecule has 0 radical (unpaired) electrons. The first-order valence-corrected chi connectivity index (χ1v) is 7.26. The molecule has 21 heavy (non-hydrogen) atoms. The standard InChI is InChI=1S/C15H18ClFN2O2/c1-15(2,14(21)19-7-3-4-8-19)13(20)18-10-5-6-12(17)11(16)9-10/h5-6,9H,3-4,7-8H2,1-2H3,(H,18,20). The van der Waals surface area contributed by atoms with Crippen molar-refractivity contribution in [3.63, 3.8) is 0 Å². The Hall–Kier alpha value is -1.62. The fourth-order valence-electron chi connectivity index (χ4n) is 2.27. The van der Waals surface area contributed by atoms with Crippen molar-refractivity contribution in [2.45, 2.75) is 26.7 Å². The second-order valence-corrected chi connectivity index (χ2v) is 6.11. The lowest BCUT2D eigenvalue weighted by atomic mass is 9.90. The molecule has 1 aliphatic rings. The van der Waals surface area contributed by atoms with Gasteiger partial charge in [0.2, 0.25) is 11.8 Å². The zero-order chi connectivity index (χ0) is 15.6. The third kappa shape index (κ3) is 3.35. The maximum Gasteiger partial charge on any atom is 0.239 e. The molecule has 0 saturated carbocycles. The van der Waals surface area contributed by atoms with Crippen molar-refractivity contribution < 1.29 is 14.0 Å². The lowest BCUT2D eigenvalue weighted by Crippen LogP contribution is -2.46. The van der Waals surface area contributed by atoms with Gasteiger partial charge in [-0.05, 0) is 44.9 Å². The van der Waals surface area contributed by atoms with E-state index in [1.54, 1.807) is 18.7 Å². The van der Waals surface area contributed by atoms with Crippen LogP contribution in [0.5, 0.6) is 0 Å². The molecule has 0 unspecified atom stereocenters. The number of anilines is 1. The van der Waals surface area contributed by atoms with E-state index in [2.05, 4.69) is 5.32 Å². The fraction of sp³-hybridized carbons (Fsp3) is 0.467. The van der Waals surface area contributed by atoms with E-state index >= 15 is 0 Å². The molecule has 0 atom stereocenters. The molecule has 2 rings (SSSR count). The van der Waals surface area contributed by atoms with Crippen molar-refractivity contribution in [2.24, 2.45) is 5.41 Å². The largest absolute Gasteiger partial charge is 0.342 e. The first-order chi connectivity index (χ1) is 9.82. The number of carbonyl (C=O) groups excluding carboxylic acids is 2. The lowest BCUT2D eigenvalue weighted by molar-refractivity contribution is -0.145. The van der Waals surface area contributed by atoms with Crippen LogP contribution in [-0.2, 0) is 9.59 Å². The molecule has 0 spiro atoms. The summed E-state index contributed by atoms with van der Waals surface area (Å²) in [6.45, 7) is 4.57. The van der Waals surface area contributed by atoms with Gasteiger partial charge in [0.05, 0.1) is 5.02 Å². The number of carbonyl (C=O) groups is 2. The quantitative estimate of drug-likeness (QED) is 0.872. The number of nitrogens with zero attached hydrogens (tertiary/aromatic N) is 1. The molecule has 4 nitrogen and oxygen atoms in total. The lowest BCUT2D eigenvalue weighted by Gasteiger charge is -2.28. The molecular weight excluding hydrogens is 295 g/mol. The van der Waals surface area contributed by atoms with E-state index in [1.807, 2.05) is 0 Å². The third-order valence-electron chi connectivity index (χ3n) is 3.67. The molecule has 114 valence electrons. The van der Waals surface area contributed by atoms with E-state index in [1.165, 1.54) is 18.2 Å². The van der Waals surface area contributed by atoms with Crippen LogP contribution in [0, 0.1) is 11.2 Å². The smallest absolute Gasteiger partial charge is 0.239 e. The Morgan fingerprint density at radius 3 is 2.48 bits per heavy atom. The Kier molecular flexibility index (Phi) is 4.52. The maximum absolute atomic E-state index is 13.1. The number of amides is 2. The minimum absolute atomic E-state index is 0.0727. The summed E-state index contributed by atoms with van der Waals surface area (Å²) in [7, 11) is 0. The van der Waals surface area contributed by atoms with Gasteiger partial charge in [0.25, 0.3) is 0 Å². The number of benzene rings is 1. The second kappa shape index (κ2) is 6.02. The summed E-state index contributed by atoms with van der Waals surface area (Å²) in [6.07, 6.45) is 1.94. The summed E-state index contributed by atoms with van der Waals surface area (Å²) >= 11 is 5.68. The first kappa shape index (κ1) is 15.8. The maximum atomic E-state index is 13.1. The number of rotatable bonds is 3. The van der Waals surface area contributed by atoms with E-state index in [4.69, 9.17) is 11.6 Å². The van der Waals surface area contributed by atoms with Gasteiger partial charge in [-0.15, -0.1) is 0 Å². The van der Waals surface area contributed by atoms with Gasteiger partial charge in [0.1, 0.15) is 11.2 Å². The molecule has 1 N–H and O–H groups in total. The van der Waals surface area contributed by atoms with Gasteiger partial charge in [-0.1, -0.05) is 11.6 Å². The molecule has 0 bridgehead atoms. The highest BCUT2D eigenvalue weighted by Gasteiger charge is 2.39. The van der Waals surface area contributed by atoms with Gasteiger partial charge in [0, 0.05) is 18.8 Å². The van der Waals surface area contributed by atoms with Crippen LogP contribution < -0.4 is 5.32 Å². The second-order valence-electron chi connectivity index (χ2n) is 5.71. The van der Waals surface area contributed by atoms with Crippen molar-refractivity contribution in [3.05, 3.63) is 29.0 Å². The van der Waals surface area contributed by atoms with Crippen molar-refractivity contribution in [1.82, 2.24) is 4.90 Å². The van der Waals surface area contributed by atoms with Crippen LogP contribution in [0.1, 0.15) is 26.7 Å². The first-order valence-electron chi connectivity index (χ1n) is 6.88. The highest BCUT2D eigenvalue weighted by Crippen LogP contribution is 2.26. The van der Waals surface area contributed by atoms with Crippen LogP contribution in [0.25, 0.3) is 0 Å². The molecule has 6 heteroatoms. The molecule has 1 aromatic carbocycles. The minimum Gasteiger partial charge on any atom is -0.342 e. The van der Waals surface area contributed by atoms with Gasteiger partial charge in [0.15, 0.2) is 0 Å². The Labute approximate surface area is 128 Å². The Morgan fingerprint density at radius 1 is 1.29 bits per heavy atom. The average molecular weight is 313 g/mol. The Bertz CT molecular complexity index is 569. The van der Waals surface area contributed by atoms with Crippen LogP contribution >= 0.6 is 11.6 Å². The molecule has 1 fully saturated rings. The van der Waals surface area contributed by atoms with Crippen LogP contribution in [0.15, 0.2) is 18.2 Å². The minimum atomic E-state index is -1.18. The Balaban J connectivity index is 2.10. The summed E-state index contributed by atoms with van der Waals surface area (Å²) in [5.74, 6) is -1.17. The summed E-state index contributed by atoms with van der Waals surface area (Å²) in [4.78, 5) is 26.4. The third-order valence-corrected chi connectivity index (χ3v) is 3.96. The molecule has 0 aromatic heterocycles. The number of halogens is 2. The van der Waals surface area contributed by atoms with E-state index in [9.17, 15) is 14.0 Å². The van der Waals surface area contributed by atoms with Gasteiger partial charge in [-0.2, -0.15) is 0 Å². The van der Waals surface area contributed by atoms with Crippen LogP contribution in [-0.4, -0.2) is 29.8 Å². The van der Waals surface area contributed by atoms with Crippen LogP contribution in [0.3, 0.4) is 0 Å². The highest BCUT2D eigenvalue weighted by molar-refractivity contribution is 6.31. The molecule has 1 aromatic rings. The molecular formula is C15H18ClFN2O2. The molecule has 2 amide bonds. The van der Waals surface area contributed by atoms with Crippen LogP contribution in [0.4, 0.5) is 10.1 Å². The van der Waals surface area contributed by atoms with Gasteiger partial charge < -0.3 is 10.2 Å². The van der Waals surface area contributed by atoms with Gasteiger partial charge >= 0.3 is 0 Å². The van der Waals surface area contributed by atoms with E-state index in [-0.39, 0.29) is 10.9 Å². The predicted molar refractivity (Wildman–Crippen MR) is 79.6 cm³/mol. The summed E-state index contributed by atoms with van der Waals surface area (Å²) in [5, 5.41) is 2.54. The molecule has 1 aliphatic heterocycles. The summed E-state index contributed by atoms with van der Waals surface area (Å²) in [5.41, 5.74) is -0.806. The normalized spacial score (nSPS) is 15.1. The predicted octanol–water partition coefficient (Wildman–Crippen LogP) is 3.07. The molecule has 0 aliphatic carbocycles. The van der Waals surface area contributed by atoms with Crippen molar-refractivity contribution in [1.29, 1.82) is 0 Å². The summed E-state index contributed by atoms with van der Waals surface area (Å²) in [6, 6.07) is 3.91. The van der Waals surface area contributed by atoms with Crippen molar-refractivity contribution >= 4 is 29.1 Å². The summed E-state index contributed by atoms with van der Waals surface area (Å²) < 4.78 is 13.1. The monoisotopic (exact) mass is 312 g/mol. The number of nitrogens with one attached hydrogen (secondary N) is 1. The van der Waals surface area contributed by atoms with E-state index in [0.717, 1.165) is 12.8 Å². The number of hydrogen-bond donors (Lipinski definition) is 1.